The maximum absolute atomic E-state index is 13.6. The van der Waals surface area contributed by atoms with Crippen molar-refractivity contribution in [3.05, 3.63) is 82.5 Å². The molecule has 0 bridgehead atoms. The Bertz CT molecular complexity index is 1690. The average molecular weight is 612 g/mol. The standard InChI is InChI=1S/C30H28F3N5O6/c1-42-27-16-22-24(17-28(27)43-2)34-11-8-26(22)44-21-5-3-4-19(14-21)36-29(39)35-18-9-12-37(13-10-18)25-7-6-20(38(40)41)15-23(25)30(31,32)33/h3-8,11,14-18H,9-10,12-13H2,1-2H3,(H2,35,36,39). The first-order valence-electron chi connectivity index (χ1n) is 13.5. The van der Waals surface area contributed by atoms with Crippen LogP contribution in [0, 0.1) is 10.1 Å². The highest BCUT2D eigenvalue weighted by Crippen LogP contribution is 2.40. The van der Waals surface area contributed by atoms with Crippen molar-refractivity contribution in [2.75, 3.05) is 37.5 Å². The number of urea groups is 1. The Morgan fingerprint density at radius 3 is 2.41 bits per heavy atom. The fraction of sp³-hybridized carbons (Fsp3) is 0.267. The van der Waals surface area contributed by atoms with Gasteiger partial charge in [0.25, 0.3) is 5.69 Å². The fourth-order valence-corrected chi connectivity index (χ4v) is 5.06. The highest BCUT2D eigenvalue weighted by Gasteiger charge is 2.37. The van der Waals surface area contributed by atoms with E-state index in [1.54, 1.807) is 48.7 Å². The average Bonchev–Trinajstić information content (AvgIpc) is 3.00. The molecule has 14 heteroatoms. The number of rotatable bonds is 8. The predicted octanol–water partition coefficient (Wildman–Crippen LogP) is 6.76. The van der Waals surface area contributed by atoms with Crippen molar-refractivity contribution in [2.45, 2.75) is 25.1 Å². The first kappa shape index (κ1) is 30.2. The maximum atomic E-state index is 13.6. The van der Waals surface area contributed by atoms with Gasteiger partial charge in [-0.3, -0.25) is 15.1 Å². The van der Waals surface area contributed by atoms with Crippen LogP contribution in [0.4, 0.5) is 35.0 Å². The zero-order valence-corrected chi connectivity index (χ0v) is 23.7. The molecule has 2 amide bonds. The molecule has 0 unspecified atom stereocenters. The number of piperidine rings is 1. The van der Waals surface area contributed by atoms with E-state index in [2.05, 4.69) is 15.6 Å². The van der Waals surface area contributed by atoms with Crippen LogP contribution in [0.3, 0.4) is 0 Å². The number of nitrogens with zero attached hydrogens (tertiary/aromatic N) is 3. The van der Waals surface area contributed by atoms with Gasteiger partial charge in [0.15, 0.2) is 11.5 Å². The molecule has 0 aliphatic carbocycles. The summed E-state index contributed by atoms with van der Waals surface area (Å²) in [7, 11) is 3.07. The Hall–Kier alpha value is -5.27. The van der Waals surface area contributed by atoms with Crippen LogP contribution >= 0.6 is 0 Å². The monoisotopic (exact) mass is 611 g/mol. The van der Waals surface area contributed by atoms with Crippen molar-refractivity contribution in [1.29, 1.82) is 0 Å². The number of nitro groups is 1. The molecular formula is C30H28F3N5O6. The van der Waals surface area contributed by atoms with Gasteiger partial charge in [-0.1, -0.05) is 6.07 Å². The summed E-state index contributed by atoms with van der Waals surface area (Å²) in [5.74, 6) is 2.03. The summed E-state index contributed by atoms with van der Waals surface area (Å²) in [6.07, 6.45) is -2.38. The number of non-ortho nitro benzene ring substituents is 1. The van der Waals surface area contributed by atoms with E-state index >= 15 is 0 Å². The summed E-state index contributed by atoms with van der Waals surface area (Å²) in [6.45, 7) is 0.456. The molecule has 3 aromatic carbocycles. The Kier molecular flexibility index (Phi) is 8.60. The number of anilines is 2. The quantitative estimate of drug-likeness (QED) is 0.165. The van der Waals surface area contributed by atoms with Crippen LogP contribution in [0.15, 0.2) is 66.9 Å². The molecule has 0 saturated carbocycles. The smallest absolute Gasteiger partial charge is 0.418 e. The number of fused-ring (bicyclic) bond motifs is 1. The molecule has 230 valence electrons. The number of halogens is 3. The number of alkyl halides is 3. The molecule has 4 aromatic rings. The molecule has 1 aliphatic heterocycles. The van der Waals surface area contributed by atoms with Gasteiger partial charge in [-0.05, 0) is 43.2 Å². The zero-order chi connectivity index (χ0) is 31.4. The Balaban J connectivity index is 1.21. The molecule has 1 fully saturated rings. The molecular weight excluding hydrogens is 583 g/mol. The van der Waals surface area contributed by atoms with E-state index in [-0.39, 0.29) is 24.8 Å². The van der Waals surface area contributed by atoms with Crippen molar-refractivity contribution in [3.63, 3.8) is 0 Å². The largest absolute Gasteiger partial charge is 0.493 e. The maximum Gasteiger partial charge on any atom is 0.418 e. The van der Waals surface area contributed by atoms with Crippen LogP contribution in [0.25, 0.3) is 10.9 Å². The van der Waals surface area contributed by atoms with Crippen LogP contribution in [-0.2, 0) is 6.18 Å². The van der Waals surface area contributed by atoms with Gasteiger partial charge in [-0.25, -0.2) is 4.79 Å². The minimum absolute atomic E-state index is 0.123. The topological polar surface area (TPSA) is 128 Å². The van der Waals surface area contributed by atoms with Gasteiger partial charge in [0.05, 0.1) is 30.2 Å². The van der Waals surface area contributed by atoms with Gasteiger partial charge in [-0.2, -0.15) is 13.2 Å². The van der Waals surface area contributed by atoms with E-state index in [4.69, 9.17) is 14.2 Å². The van der Waals surface area contributed by atoms with E-state index in [0.29, 0.717) is 58.5 Å². The van der Waals surface area contributed by atoms with Crippen molar-refractivity contribution >= 4 is 34.0 Å². The molecule has 11 nitrogen and oxygen atoms in total. The highest BCUT2D eigenvalue weighted by molar-refractivity contribution is 5.90. The lowest BCUT2D eigenvalue weighted by Crippen LogP contribution is -2.46. The second-order valence-corrected chi connectivity index (χ2v) is 9.98. The number of pyridine rings is 1. The van der Waals surface area contributed by atoms with Crippen molar-refractivity contribution < 1.29 is 37.1 Å². The summed E-state index contributed by atoms with van der Waals surface area (Å²) in [5, 5.41) is 17.3. The summed E-state index contributed by atoms with van der Waals surface area (Å²) in [5.41, 5.74) is -0.698. The number of carbonyl (C=O) groups is 1. The second kappa shape index (κ2) is 12.5. The van der Waals surface area contributed by atoms with E-state index < -0.39 is 28.4 Å². The molecule has 1 aliphatic rings. The molecule has 1 saturated heterocycles. The van der Waals surface area contributed by atoms with E-state index in [1.165, 1.54) is 19.1 Å². The number of carbonyl (C=O) groups excluding carboxylic acids is 1. The van der Waals surface area contributed by atoms with E-state index in [0.717, 1.165) is 12.1 Å². The molecule has 5 rings (SSSR count). The van der Waals surface area contributed by atoms with Gasteiger partial charge in [0.2, 0.25) is 0 Å². The summed E-state index contributed by atoms with van der Waals surface area (Å²) in [4.78, 5) is 28.8. The lowest BCUT2D eigenvalue weighted by Gasteiger charge is -2.35. The number of aromatic nitrogens is 1. The lowest BCUT2D eigenvalue weighted by molar-refractivity contribution is -0.385. The fourth-order valence-electron chi connectivity index (χ4n) is 5.06. The minimum Gasteiger partial charge on any atom is -0.493 e. The van der Waals surface area contributed by atoms with E-state index in [1.807, 2.05) is 0 Å². The van der Waals surface area contributed by atoms with Crippen molar-refractivity contribution in [2.24, 2.45) is 0 Å². The van der Waals surface area contributed by atoms with Gasteiger partial charge >= 0.3 is 12.2 Å². The van der Waals surface area contributed by atoms with Gasteiger partial charge in [0.1, 0.15) is 11.5 Å². The van der Waals surface area contributed by atoms with Crippen LogP contribution in [-0.4, -0.2) is 49.3 Å². The van der Waals surface area contributed by atoms with Gasteiger partial charge in [0, 0.05) is 66.4 Å². The summed E-state index contributed by atoms with van der Waals surface area (Å²) >= 11 is 0. The van der Waals surface area contributed by atoms with Crippen LogP contribution in [0.5, 0.6) is 23.0 Å². The first-order valence-corrected chi connectivity index (χ1v) is 13.5. The second-order valence-electron chi connectivity index (χ2n) is 9.98. The third-order valence-corrected chi connectivity index (χ3v) is 7.19. The number of methoxy groups -OCH3 is 2. The van der Waals surface area contributed by atoms with E-state index in [9.17, 15) is 28.1 Å². The minimum atomic E-state index is -4.75. The van der Waals surface area contributed by atoms with Crippen molar-refractivity contribution in [3.8, 4) is 23.0 Å². The van der Waals surface area contributed by atoms with Crippen LogP contribution in [0.2, 0.25) is 0 Å². The number of hydrogen-bond acceptors (Lipinski definition) is 8. The Labute approximate surface area is 249 Å². The first-order chi connectivity index (χ1) is 21.0. The lowest BCUT2D eigenvalue weighted by atomic mass is 10.0. The highest BCUT2D eigenvalue weighted by atomic mass is 19.4. The predicted molar refractivity (Wildman–Crippen MR) is 157 cm³/mol. The van der Waals surface area contributed by atoms with Crippen LogP contribution < -0.4 is 29.7 Å². The molecule has 1 aromatic heterocycles. The SMILES string of the molecule is COc1cc2nccc(Oc3cccc(NC(=O)NC4CCN(c5ccc([N+](=O)[O-])cc5C(F)(F)F)CC4)c3)c2cc1OC. The Morgan fingerprint density at radius 1 is 1.00 bits per heavy atom. The summed E-state index contributed by atoms with van der Waals surface area (Å²) < 4.78 is 57.8. The molecule has 2 N–H and O–H groups in total. The zero-order valence-electron chi connectivity index (χ0n) is 23.7. The number of hydrogen-bond donors (Lipinski definition) is 2. The Morgan fingerprint density at radius 2 is 1.73 bits per heavy atom. The number of nitro benzene ring substituents is 1. The van der Waals surface area contributed by atoms with Gasteiger partial charge < -0.3 is 29.7 Å². The van der Waals surface area contributed by atoms with Gasteiger partial charge in [-0.15, -0.1) is 0 Å². The van der Waals surface area contributed by atoms with Crippen molar-refractivity contribution in [1.82, 2.24) is 10.3 Å². The molecule has 0 atom stereocenters. The normalized spacial score (nSPS) is 13.8. The number of benzene rings is 3. The number of ether oxygens (including phenoxy) is 3. The molecule has 44 heavy (non-hydrogen) atoms. The molecule has 0 radical (unpaired) electrons. The van der Waals surface area contributed by atoms with Crippen LogP contribution in [0.1, 0.15) is 18.4 Å². The number of nitrogens with one attached hydrogen (secondary N) is 2. The summed E-state index contributed by atoms with van der Waals surface area (Å²) in [6, 6.07) is 14.0. The third-order valence-electron chi connectivity index (χ3n) is 7.19. The molecule has 0 spiro atoms. The molecule has 2 heterocycles. The number of amides is 2. The third kappa shape index (κ3) is 6.69.